The fourth-order valence-corrected chi connectivity index (χ4v) is 1.78. The molecule has 2 atom stereocenters. The molecule has 0 saturated heterocycles. The van der Waals surface area contributed by atoms with Crippen molar-refractivity contribution in [3.05, 3.63) is 0 Å². The molecule has 1 nitrogen and oxygen atoms in total. The van der Waals surface area contributed by atoms with Gasteiger partial charge in [0.05, 0.1) is 6.10 Å². The zero-order valence-corrected chi connectivity index (χ0v) is 6.39. The van der Waals surface area contributed by atoms with E-state index in [0.717, 1.165) is 5.92 Å². The molecule has 1 heteroatoms. The van der Waals surface area contributed by atoms with Crippen molar-refractivity contribution in [1.82, 2.24) is 0 Å². The molecule has 1 aliphatic rings. The smallest absolute Gasteiger partial charge is 0.0599 e. The first-order chi connectivity index (χ1) is 4.38. The van der Waals surface area contributed by atoms with E-state index in [0.29, 0.717) is 6.10 Å². The zero-order valence-electron chi connectivity index (χ0n) is 6.39. The quantitative estimate of drug-likeness (QED) is 0.554. The van der Waals surface area contributed by atoms with Crippen LogP contribution >= 0.6 is 0 Å². The van der Waals surface area contributed by atoms with Crippen LogP contribution < -0.4 is 0 Å². The lowest BCUT2D eigenvalue weighted by Gasteiger charge is -2.14. The molecule has 54 valence electrons. The molecule has 0 aromatic heterocycles. The third kappa shape index (κ3) is 1.45. The van der Waals surface area contributed by atoms with Gasteiger partial charge in [0.1, 0.15) is 0 Å². The van der Waals surface area contributed by atoms with E-state index in [-0.39, 0.29) is 0 Å². The molecule has 9 heavy (non-hydrogen) atoms. The highest BCUT2D eigenvalue weighted by Gasteiger charge is 2.24. The third-order valence-electron chi connectivity index (χ3n) is 2.42. The predicted molar refractivity (Wildman–Crippen MR) is 38.4 cm³/mol. The summed E-state index contributed by atoms with van der Waals surface area (Å²) in [6.07, 6.45) is 5.91. The summed E-state index contributed by atoms with van der Waals surface area (Å²) in [6, 6.07) is 0. The van der Waals surface area contributed by atoms with Crippen LogP contribution in [0.4, 0.5) is 0 Å². The van der Waals surface area contributed by atoms with Crippen molar-refractivity contribution in [3.63, 3.8) is 0 Å². The standard InChI is InChI=1S/C8H16O/c1-3-7-5-4-6-8(7)9-2/h7-8H,3-6H2,1-2H3. The Morgan fingerprint density at radius 3 is 2.67 bits per heavy atom. The molecule has 1 fully saturated rings. The molecule has 0 aromatic rings. The predicted octanol–water partition coefficient (Wildman–Crippen LogP) is 2.21. The first kappa shape index (κ1) is 7.07. The molecular weight excluding hydrogens is 112 g/mol. The average molecular weight is 128 g/mol. The van der Waals surface area contributed by atoms with Crippen LogP contribution in [0.15, 0.2) is 0 Å². The Morgan fingerprint density at radius 2 is 2.22 bits per heavy atom. The van der Waals surface area contributed by atoms with E-state index in [4.69, 9.17) is 4.74 Å². The molecule has 0 amide bonds. The molecule has 0 bridgehead atoms. The lowest BCUT2D eigenvalue weighted by Crippen LogP contribution is -2.14. The highest BCUT2D eigenvalue weighted by atomic mass is 16.5. The minimum absolute atomic E-state index is 0.579. The first-order valence-corrected chi connectivity index (χ1v) is 3.91. The highest BCUT2D eigenvalue weighted by Crippen LogP contribution is 2.29. The van der Waals surface area contributed by atoms with Crippen LogP contribution in [0.2, 0.25) is 0 Å². The second kappa shape index (κ2) is 3.21. The van der Waals surface area contributed by atoms with Crippen molar-refractivity contribution >= 4 is 0 Å². The lowest BCUT2D eigenvalue weighted by molar-refractivity contribution is 0.0699. The maximum Gasteiger partial charge on any atom is 0.0599 e. The van der Waals surface area contributed by atoms with Crippen molar-refractivity contribution < 1.29 is 4.74 Å². The maximum atomic E-state index is 5.31. The fraction of sp³-hybridized carbons (Fsp3) is 1.00. The summed E-state index contributed by atoms with van der Waals surface area (Å²) in [7, 11) is 1.83. The molecule has 0 aliphatic heterocycles. The van der Waals surface area contributed by atoms with Gasteiger partial charge in [0.2, 0.25) is 0 Å². The molecule has 0 spiro atoms. The summed E-state index contributed by atoms with van der Waals surface area (Å²) in [5.74, 6) is 0.856. The second-order valence-corrected chi connectivity index (χ2v) is 2.87. The normalized spacial score (nSPS) is 35.3. The summed E-state index contributed by atoms with van der Waals surface area (Å²) in [4.78, 5) is 0. The van der Waals surface area contributed by atoms with E-state index in [1.54, 1.807) is 0 Å². The number of methoxy groups -OCH3 is 1. The molecule has 0 heterocycles. The SMILES string of the molecule is CCC1CCCC1OC. The Kier molecular flexibility index (Phi) is 2.52. The van der Waals surface area contributed by atoms with Gasteiger partial charge in [0, 0.05) is 7.11 Å². The van der Waals surface area contributed by atoms with Crippen molar-refractivity contribution in [3.8, 4) is 0 Å². The van der Waals surface area contributed by atoms with E-state index in [9.17, 15) is 0 Å². The van der Waals surface area contributed by atoms with Gasteiger partial charge < -0.3 is 4.74 Å². The molecule has 1 aliphatic carbocycles. The highest BCUT2D eigenvalue weighted by molar-refractivity contribution is 4.76. The van der Waals surface area contributed by atoms with Crippen LogP contribution in [0.3, 0.4) is 0 Å². The van der Waals surface area contributed by atoms with Gasteiger partial charge in [-0.1, -0.05) is 19.8 Å². The fourth-order valence-electron chi connectivity index (χ4n) is 1.78. The van der Waals surface area contributed by atoms with Gasteiger partial charge in [-0.25, -0.2) is 0 Å². The van der Waals surface area contributed by atoms with Crippen molar-refractivity contribution in [2.45, 2.75) is 38.7 Å². The van der Waals surface area contributed by atoms with Crippen LogP contribution in [-0.4, -0.2) is 13.2 Å². The van der Waals surface area contributed by atoms with Crippen molar-refractivity contribution in [1.29, 1.82) is 0 Å². The van der Waals surface area contributed by atoms with Crippen LogP contribution in [-0.2, 0) is 4.74 Å². The Balaban J connectivity index is 2.32. The summed E-state index contributed by atoms with van der Waals surface area (Å²) in [5, 5.41) is 0. The molecular formula is C8H16O. The Bertz CT molecular complexity index is 70.6. The monoisotopic (exact) mass is 128 g/mol. The Labute approximate surface area is 57.4 Å². The Hall–Kier alpha value is -0.0400. The molecule has 0 aromatic carbocycles. The van der Waals surface area contributed by atoms with Gasteiger partial charge >= 0.3 is 0 Å². The van der Waals surface area contributed by atoms with E-state index in [2.05, 4.69) is 6.92 Å². The molecule has 1 saturated carbocycles. The van der Waals surface area contributed by atoms with Crippen LogP contribution in [0.5, 0.6) is 0 Å². The summed E-state index contributed by atoms with van der Waals surface area (Å²) in [6.45, 7) is 2.25. The topological polar surface area (TPSA) is 9.23 Å². The van der Waals surface area contributed by atoms with Gasteiger partial charge in [0.25, 0.3) is 0 Å². The molecule has 0 N–H and O–H groups in total. The number of ether oxygens (including phenoxy) is 1. The number of hydrogen-bond donors (Lipinski definition) is 0. The minimum Gasteiger partial charge on any atom is -0.381 e. The van der Waals surface area contributed by atoms with Crippen LogP contribution in [0.25, 0.3) is 0 Å². The summed E-state index contributed by atoms with van der Waals surface area (Å²) < 4.78 is 5.31. The minimum atomic E-state index is 0.579. The molecule has 2 unspecified atom stereocenters. The molecule has 0 radical (unpaired) electrons. The van der Waals surface area contributed by atoms with Gasteiger partial charge in [-0.15, -0.1) is 0 Å². The van der Waals surface area contributed by atoms with Gasteiger partial charge in [0.15, 0.2) is 0 Å². The summed E-state index contributed by atoms with van der Waals surface area (Å²) in [5.41, 5.74) is 0. The van der Waals surface area contributed by atoms with Gasteiger partial charge in [-0.05, 0) is 18.8 Å². The van der Waals surface area contributed by atoms with E-state index < -0.39 is 0 Å². The number of hydrogen-bond acceptors (Lipinski definition) is 1. The Morgan fingerprint density at radius 1 is 1.44 bits per heavy atom. The van der Waals surface area contributed by atoms with Crippen LogP contribution in [0.1, 0.15) is 32.6 Å². The van der Waals surface area contributed by atoms with Gasteiger partial charge in [-0.2, -0.15) is 0 Å². The van der Waals surface area contributed by atoms with Crippen molar-refractivity contribution in [2.75, 3.05) is 7.11 Å². The van der Waals surface area contributed by atoms with E-state index >= 15 is 0 Å². The van der Waals surface area contributed by atoms with Crippen molar-refractivity contribution in [2.24, 2.45) is 5.92 Å². The largest absolute Gasteiger partial charge is 0.381 e. The first-order valence-electron chi connectivity index (χ1n) is 3.91. The average Bonchev–Trinajstić information content (AvgIpc) is 2.33. The van der Waals surface area contributed by atoms with E-state index in [1.165, 1.54) is 25.7 Å². The van der Waals surface area contributed by atoms with E-state index in [1.807, 2.05) is 7.11 Å². The van der Waals surface area contributed by atoms with Gasteiger partial charge in [-0.3, -0.25) is 0 Å². The second-order valence-electron chi connectivity index (χ2n) is 2.87. The van der Waals surface area contributed by atoms with Crippen LogP contribution in [0, 0.1) is 5.92 Å². The molecule has 1 rings (SSSR count). The zero-order chi connectivity index (χ0) is 6.69. The maximum absolute atomic E-state index is 5.31. The number of rotatable bonds is 2. The third-order valence-corrected chi connectivity index (χ3v) is 2.42. The summed E-state index contributed by atoms with van der Waals surface area (Å²) >= 11 is 0. The lowest BCUT2D eigenvalue weighted by atomic mass is 10.0.